The smallest absolute Gasteiger partial charge is 0.254 e. The van der Waals surface area contributed by atoms with Crippen molar-refractivity contribution >= 4 is 45.0 Å². The van der Waals surface area contributed by atoms with Gasteiger partial charge in [-0.05, 0) is 49.1 Å². The Morgan fingerprint density at radius 3 is 2.45 bits per heavy atom. The Morgan fingerprint density at radius 2 is 1.83 bits per heavy atom. The number of carbonyl (C=O) groups excluding carboxylic acids is 2. The van der Waals surface area contributed by atoms with Crippen molar-refractivity contribution in [2.75, 3.05) is 41.8 Å². The number of nitrogens with zero attached hydrogens (tertiary/aromatic N) is 2. The molecule has 1 aliphatic heterocycles. The molecule has 0 spiro atoms. The minimum Gasteiger partial charge on any atom is -0.332 e. The van der Waals surface area contributed by atoms with E-state index < -0.39 is 10.0 Å². The highest BCUT2D eigenvalue weighted by Crippen LogP contribution is 2.25. The largest absolute Gasteiger partial charge is 0.332 e. The second-order valence-corrected chi connectivity index (χ2v) is 9.56. The van der Waals surface area contributed by atoms with Crippen molar-refractivity contribution in [2.24, 2.45) is 0 Å². The number of rotatable bonds is 6. The van der Waals surface area contributed by atoms with E-state index in [2.05, 4.69) is 5.32 Å². The molecule has 29 heavy (non-hydrogen) atoms. The summed E-state index contributed by atoms with van der Waals surface area (Å²) >= 11 is 1.53. The topological polar surface area (TPSA) is 86.8 Å². The van der Waals surface area contributed by atoms with E-state index in [1.165, 1.54) is 21.0 Å². The number of hydrogen-bond acceptors (Lipinski definition) is 5. The van der Waals surface area contributed by atoms with Crippen LogP contribution in [0.15, 0.2) is 53.4 Å². The molecule has 2 aromatic carbocycles. The first-order valence-corrected chi connectivity index (χ1v) is 11.9. The fourth-order valence-electron chi connectivity index (χ4n) is 3.15. The van der Waals surface area contributed by atoms with Crippen LogP contribution < -0.4 is 9.62 Å². The number of carbonyl (C=O) groups is 2. The molecule has 7 nitrogen and oxygen atoms in total. The lowest BCUT2D eigenvalue weighted by atomic mass is 10.2. The van der Waals surface area contributed by atoms with Gasteiger partial charge in [-0.2, -0.15) is 0 Å². The summed E-state index contributed by atoms with van der Waals surface area (Å²) in [6.07, 6.45) is 2.53. The molecule has 0 atom stereocenters. The Bertz CT molecular complexity index is 1010. The predicted molar refractivity (Wildman–Crippen MR) is 116 cm³/mol. The lowest BCUT2D eigenvalue weighted by molar-refractivity contribution is -0.116. The van der Waals surface area contributed by atoms with E-state index in [0.717, 1.165) is 4.90 Å². The van der Waals surface area contributed by atoms with Crippen molar-refractivity contribution in [2.45, 2.75) is 11.3 Å². The fraction of sp³-hybridized carbons (Fsp3) is 0.300. The first-order valence-electron chi connectivity index (χ1n) is 9.10. The van der Waals surface area contributed by atoms with Crippen molar-refractivity contribution in [3.63, 3.8) is 0 Å². The number of hydrogen-bond donors (Lipinski definition) is 1. The van der Waals surface area contributed by atoms with E-state index in [4.69, 9.17) is 0 Å². The number of benzene rings is 2. The van der Waals surface area contributed by atoms with Crippen LogP contribution in [0.3, 0.4) is 0 Å². The van der Waals surface area contributed by atoms with Crippen LogP contribution >= 0.6 is 11.8 Å². The van der Waals surface area contributed by atoms with E-state index in [-0.39, 0.29) is 24.1 Å². The highest BCUT2D eigenvalue weighted by molar-refractivity contribution is 7.98. The molecule has 2 aromatic rings. The van der Waals surface area contributed by atoms with Crippen molar-refractivity contribution in [3.05, 3.63) is 54.1 Å². The molecule has 1 fully saturated rings. The molecule has 0 aliphatic carbocycles. The number of nitrogens with one attached hydrogen (secondary N) is 1. The quantitative estimate of drug-likeness (QED) is 0.708. The predicted octanol–water partition coefficient (Wildman–Crippen LogP) is 2.66. The first-order chi connectivity index (χ1) is 13.8. The van der Waals surface area contributed by atoms with Gasteiger partial charge in [0.2, 0.25) is 15.9 Å². The van der Waals surface area contributed by atoms with Gasteiger partial charge in [0.25, 0.3) is 5.91 Å². The van der Waals surface area contributed by atoms with Crippen LogP contribution in [0.1, 0.15) is 16.8 Å². The van der Waals surface area contributed by atoms with Crippen LogP contribution in [0.4, 0.5) is 11.4 Å². The molecule has 0 saturated carbocycles. The monoisotopic (exact) mass is 433 g/mol. The van der Waals surface area contributed by atoms with Crippen LogP contribution in [0, 0.1) is 0 Å². The number of thioether (sulfide) groups is 1. The van der Waals surface area contributed by atoms with Crippen molar-refractivity contribution in [1.29, 1.82) is 0 Å². The Balaban J connectivity index is 1.63. The molecule has 1 aliphatic rings. The molecule has 9 heteroatoms. The second-order valence-electron chi connectivity index (χ2n) is 6.70. The van der Waals surface area contributed by atoms with Gasteiger partial charge in [0.15, 0.2) is 0 Å². The zero-order valence-electron chi connectivity index (χ0n) is 16.3. The fourth-order valence-corrected chi connectivity index (χ4v) is 5.26. The number of amides is 2. The van der Waals surface area contributed by atoms with Gasteiger partial charge in [-0.15, -0.1) is 11.8 Å². The van der Waals surface area contributed by atoms with Gasteiger partial charge < -0.3 is 10.2 Å². The summed E-state index contributed by atoms with van der Waals surface area (Å²) in [7, 11) is -1.70. The maximum atomic E-state index is 12.6. The second kappa shape index (κ2) is 8.87. The summed E-state index contributed by atoms with van der Waals surface area (Å²) in [4.78, 5) is 27.2. The minimum atomic E-state index is -3.26. The third-order valence-electron chi connectivity index (χ3n) is 4.61. The third kappa shape index (κ3) is 4.91. The van der Waals surface area contributed by atoms with Crippen molar-refractivity contribution in [3.8, 4) is 0 Å². The average Bonchev–Trinajstić information content (AvgIpc) is 3.06. The zero-order valence-corrected chi connectivity index (χ0v) is 17.9. The van der Waals surface area contributed by atoms with Gasteiger partial charge in [-0.3, -0.25) is 13.9 Å². The first kappa shape index (κ1) is 21.2. The standard InChI is InChI=1S/C20H23N3O4S2/c1-22(14-19(24)21-17-6-3-4-7-18(17)28-2)20(25)15-8-10-16(11-9-15)23-12-5-13-29(23,26)27/h3-4,6-11H,5,12-14H2,1-2H3,(H,21,24). The van der Waals surface area contributed by atoms with E-state index in [0.29, 0.717) is 29.9 Å². The summed E-state index contributed by atoms with van der Waals surface area (Å²) in [6, 6.07) is 13.9. The Morgan fingerprint density at radius 1 is 1.14 bits per heavy atom. The SMILES string of the molecule is CSc1ccccc1NC(=O)CN(C)C(=O)c1ccc(N2CCCS2(=O)=O)cc1. The molecule has 1 N–H and O–H groups in total. The molecule has 0 radical (unpaired) electrons. The summed E-state index contributed by atoms with van der Waals surface area (Å²) in [5.74, 6) is -0.457. The van der Waals surface area contributed by atoms with E-state index in [9.17, 15) is 18.0 Å². The summed E-state index contributed by atoms with van der Waals surface area (Å²) in [5.41, 5.74) is 1.65. The highest BCUT2D eigenvalue weighted by Gasteiger charge is 2.28. The lowest BCUT2D eigenvalue weighted by Gasteiger charge is -2.19. The van der Waals surface area contributed by atoms with Crippen LogP contribution in [0.5, 0.6) is 0 Å². The maximum Gasteiger partial charge on any atom is 0.254 e. The maximum absolute atomic E-state index is 12.6. The molecular weight excluding hydrogens is 410 g/mol. The van der Waals surface area contributed by atoms with Gasteiger partial charge in [0.05, 0.1) is 23.7 Å². The van der Waals surface area contributed by atoms with Crippen LogP contribution in [0.25, 0.3) is 0 Å². The molecule has 0 bridgehead atoms. The Kier molecular flexibility index (Phi) is 6.49. The van der Waals surface area contributed by atoms with E-state index in [1.807, 2.05) is 30.5 Å². The number of likely N-dealkylation sites (N-methyl/N-ethyl adjacent to an activating group) is 1. The molecule has 0 aromatic heterocycles. The molecule has 3 rings (SSSR count). The Labute approximate surface area is 175 Å². The lowest BCUT2D eigenvalue weighted by Crippen LogP contribution is -2.35. The number of para-hydroxylation sites is 1. The molecule has 2 amide bonds. The van der Waals surface area contributed by atoms with Gasteiger partial charge >= 0.3 is 0 Å². The summed E-state index contributed by atoms with van der Waals surface area (Å²) in [5, 5.41) is 2.83. The normalized spacial score (nSPS) is 15.2. The molecular formula is C20H23N3O4S2. The number of anilines is 2. The highest BCUT2D eigenvalue weighted by atomic mass is 32.2. The molecule has 1 heterocycles. The third-order valence-corrected chi connectivity index (χ3v) is 7.28. The van der Waals surface area contributed by atoms with Gasteiger partial charge in [-0.25, -0.2) is 8.42 Å². The summed E-state index contributed by atoms with van der Waals surface area (Å²) in [6.45, 7) is 0.358. The van der Waals surface area contributed by atoms with Gasteiger partial charge in [0, 0.05) is 24.1 Å². The number of sulfonamides is 1. The molecule has 0 unspecified atom stereocenters. The van der Waals surface area contributed by atoms with Crippen LogP contribution in [-0.4, -0.2) is 57.3 Å². The van der Waals surface area contributed by atoms with Gasteiger partial charge in [0.1, 0.15) is 0 Å². The van der Waals surface area contributed by atoms with Crippen molar-refractivity contribution < 1.29 is 18.0 Å². The van der Waals surface area contributed by atoms with Crippen molar-refractivity contribution in [1.82, 2.24) is 4.90 Å². The van der Waals surface area contributed by atoms with Crippen LogP contribution in [0.2, 0.25) is 0 Å². The van der Waals surface area contributed by atoms with E-state index >= 15 is 0 Å². The molecule has 1 saturated heterocycles. The van der Waals surface area contributed by atoms with E-state index in [1.54, 1.807) is 31.3 Å². The average molecular weight is 434 g/mol. The molecule has 154 valence electrons. The summed E-state index contributed by atoms with van der Waals surface area (Å²) < 4.78 is 25.4. The zero-order chi connectivity index (χ0) is 21.0. The van der Waals surface area contributed by atoms with Gasteiger partial charge in [-0.1, -0.05) is 12.1 Å². The minimum absolute atomic E-state index is 0.0934. The van der Waals surface area contributed by atoms with Crippen LogP contribution in [-0.2, 0) is 14.8 Å². The Hall–Kier alpha value is -2.52.